The van der Waals surface area contributed by atoms with Gasteiger partial charge in [0.25, 0.3) is 0 Å². The van der Waals surface area contributed by atoms with Crippen molar-refractivity contribution < 1.29 is 22.7 Å². The van der Waals surface area contributed by atoms with E-state index in [1.807, 2.05) is 26.0 Å². The molecule has 3 rings (SSSR count). The Hall–Kier alpha value is -2.71. The molecule has 0 saturated heterocycles. The molecule has 0 aromatic heterocycles. The number of benzene rings is 2. The standard InChI is InChI=1S/C25H32N2O5S/c1-4-32-24(29)25(15-16-25)20-8-10-21(11-9-20)27-23(28)14-7-19-5-12-22(13-6-19)33(30,31)26-17-18(2)3/h5-6,8-13,18,26H,4,7,14-17H2,1-3H3,(H,27,28). The van der Waals surface area contributed by atoms with Gasteiger partial charge >= 0.3 is 5.97 Å². The second kappa shape index (κ2) is 10.5. The van der Waals surface area contributed by atoms with Crippen LogP contribution in [0.1, 0.15) is 51.2 Å². The van der Waals surface area contributed by atoms with Crippen molar-refractivity contribution >= 4 is 27.6 Å². The van der Waals surface area contributed by atoms with E-state index in [2.05, 4.69) is 10.0 Å². The average Bonchev–Trinajstić information content (AvgIpc) is 3.60. The van der Waals surface area contributed by atoms with E-state index in [0.29, 0.717) is 25.3 Å². The van der Waals surface area contributed by atoms with Crippen molar-refractivity contribution in [1.82, 2.24) is 4.72 Å². The Balaban J connectivity index is 1.51. The molecule has 1 saturated carbocycles. The van der Waals surface area contributed by atoms with Crippen LogP contribution < -0.4 is 10.0 Å². The molecule has 1 aliphatic carbocycles. The summed E-state index contributed by atoms with van der Waals surface area (Å²) < 4.78 is 32.3. The maximum atomic E-state index is 12.4. The Morgan fingerprint density at radius 1 is 1.03 bits per heavy atom. The van der Waals surface area contributed by atoms with Crippen molar-refractivity contribution in [3.63, 3.8) is 0 Å². The highest BCUT2D eigenvalue weighted by Gasteiger charge is 2.52. The first-order chi connectivity index (χ1) is 15.7. The molecule has 0 unspecified atom stereocenters. The lowest BCUT2D eigenvalue weighted by molar-refractivity contribution is -0.146. The molecule has 0 bridgehead atoms. The SMILES string of the molecule is CCOC(=O)C1(c2ccc(NC(=O)CCc3ccc(S(=O)(=O)NCC(C)C)cc3)cc2)CC1. The molecule has 1 aliphatic rings. The summed E-state index contributed by atoms with van der Waals surface area (Å²) in [4.78, 5) is 24.8. The zero-order valence-corrected chi connectivity index (χ0v) is 20.2. The van der Waals surface area contributed by atoms with E-state index in [0.717, 1.165) is 24.0 Å². The van der Waals surface area contributed by atoms with Crippen LogP contribution in [0.2, 0.25) is 0 Å². The van der Waals surface area contributed by atoms with Crippen LogP contribution in [0.15, 0.2) is 53.4 Å². The van der Waals surface area contributed by atoms with Crippen molar-refractivity contribution in [2.45, 2.75) is 56.8 Å². The average molecular weight is 473 g/mol. The zero-order chi connectivity index (χ0) is 24.1. The van der Waals surface area contributed by atoms with Crippen molar-refractivity contribution in [1.29, 1.82) is 0 Å². The number of aryl methyl sites for hydroxylation is 1. The summed E-state index contributed by atoms with van der Waals surface area (Å²) in [6.07, 6.45) is 2.33. The molecule has 2 N–H and O–H groups in total. The number of sulfonamides is 1. The summed E-state index contributed by atoms with van der Waals surface area (Å²) in [5.41, 5.74) is 1.94. The van der Waals surface area contributed by atoms with Crippen LogP contribution in [-0.4, -0.2) is 33.4 Å². The lowest BCUT2D eigenvalue weighted by Crippen LogP contribution is -2.27. The maximum absolute atomic E-state index is 12.4. The van der Waals surface area contributed by atoms with Crippen molar-refractivity contribution in [3.8, 4) is 0 Å². The summed E-state index contributed by atoms with van der Waals surface area (Å²) >= 11 is 0. The maximum Gasteiger partial charge on any atom is 0.316 e. The number of nitrogens with one attached hydrogen (secondary N) is 2. The minimum absolute atomic E-state index is 0.135. The van der Waals surface area contributed by atoms with Gasteiger partial charge in [-0.1, -0.05) is 38.1 Å². The van der Waals surface area contributed by atoms with Crippen LogP contribution in [-0.2, 0) is 36.2 Å². The van der Waals surface area contributed by atoms with E-state index in [9.17, 15) is 18.0 Å². The van der Waals surface area contributed by atoms with E-state index in [4.69, 9.17) is 4.74 Å². The second-order valence-corrected chi connectivity index (χ2v) is 10.6. The van der Waals surface area contributed by atoms with E-state index in [-0.39, 0.29) is 29.1 Å². The van der Waals surface area contributed by atoms with Gasteiger partial charge in [-0.2, -0.15) is 0 Å². The highest BCUT2D eigenvalue weighted by atomic mass is 32.2. The molecule has 178 valence electrons. The Morgan fingerprint density at radius 2 is 1.67 bits per heavy atom. The molecule has 0 atom stereocenters. The number of hydrogen-bond acceptors (Lipinski definition) is 5. The van der Waals surface area contributed by atoms with Gasteiger partial charge in [-0.05, 0) is 67.5 Å². The lowest BCUT2D eigenvalue weighted by Gasteiger charge is -2.15. The normalized spacial score (nSPS) is 14.7. The van der Waals surface area contributed by atoms with Crippen LogP contribution in [0.3, 0.4) is 0 Å². The van der Waals surface area contributed by atoms with E-state index >= 15 is 0 Å². The first-order valence-corrected chi connectivity index (χ1v) is 12.8. The van der Waals surface area contributed by atoms with E-state index < -0.39 is 15.4 Å². The summed E-state index contributed by atoms with van der Waals surface area (Å²) in [6, 6.07) is 13.9. The minimum Gasteiger partial charge on any atom is -0.465 e. The van der Waals surface area contributed by atoms with Gasteiger partial charge in [-0.25, -0.2) is 13.1 Å². The predicted molar refractivity (Wildman–Crippen MR) is 127 cm³/mol. The Labute approximate surface area is 196 Å². The smallest absolute Gasteiger partial charge is 0.316 e. The first kappa shape index (κ1) is 24.9. The number of rotatable bonds is 11. The van der Waals surface area contributed by atoms with Crippen LogP contribution in [0.4, 0.5) is 5.69 Å². The molecule has 0 radical (unpaired) electrons. The molecule has 8 heteroatoms. The highest BCUT2D eigenvalue weighted by Crippen LogP contribution is 2.49. The number of ether oxygens (including phenoxy) is 1. The fourth-order valence-electron chi connectivity index (χ4n) is 3.55. The number of amides is 1. The fraction of sp³-hybridized carbons (Fsp3) is 0.440. The number of anilines is 1. The van der Waals surface area contributed by atoms with Gasteiger partial charge in [0, 0.05) is 18.7 Å². The summed E-state index contributed by atoms with van der Waals surface area (Å²) in [5.74, 6) is -0.0953. The van der Waals surface area contributed by atoms with Crippen LogP contribution >= 0.6 is 0 Å². The van der Waals surface area contributed by atoms with Gasteiger partial charge in [0.05, 0.1) is 16.9 Å². The zero-order valence-electron chi connectivity index (χ0n) is 19.4. The van der Waals surface area contributed by atoms with Crippen LogP contribution in [0.5, 0.6) is 0 Å². The minimum atomic E-state index is -3.52. The quantitative estimate of drug-likeness (QED) is 0.485. The number of hydrogen-bond donors (Lipinski definition) is 2. The number of carbonyl (C=O) groups is 2. The Morgan fingerprint density at radius 3 is 2.21 bits per heavy atom. The highest BCUT2D eigenvalue weighted by molar-refractivity contribution is 7.89. The van der Waals surface area contributed by atoms with Gasteiger partial charge < -0.3 is 10.1 Å². The van der Waals surface area contributed by atoms with Crippen LogP contribution in [0, 0.1) is 5.92 Å². The largest absolute Gasteiger partial charge is 0.465 e. The first-order valence-electron chi connectivity index (χ1n) is 11.3. The predicted octanol–water partition coefficient (Wildman–Crippen LogP) is 3.79. The van der Waals surface area contributed by atoms with Crippen molar-refractivity contribution in [3.05, 3.63) is 59.7 Å². The third-order valence-electron chi connectivity index (χ3n) is 5.69. The monoisotopic (exact) mass is 472 g/mol. The molecular formula is C25H32N2O5S. The van der Waals surface area contributed by atoms with Crippen LogP contribution in [0.25, 0.3) is 0 Å². The van der Waals surface area contributed by atoms with Gasteiger partial charge in [-0.15, -0.1) is 0 Å². The van der Waals surface area contributed by atoms with E-state index in [1.165, 1.54) is 0 Å². The summed E-state index contributed by atoms with van der Waals surface area (Å²) in [7, 11) is -3.52. The molecule has 33 heavy (non-hydrogen) atoms. The molecular weight excluding hydrogens is 440 g/mol. The van der Waals surface area contributed by atoms with Gasteiger partial charge in [0.1, 0.15) is 0 Å². The topological polar surface area (TPSA) is 102 Å². The van der Waals surface area contributed by atoms with E-state index in [1.54, 1.807) is 43.3 Å². The molecule has 0 heterocycles. The van der Waals surface area contributed by atoms with Gasteiger partial charge in [0.2, 0.25) is 15.9 Å². The summed E-state index contributed by atoms with van der Waals surface area (Å²) in [5, 5.41) is 2.87. The van der Waals surface area contributed by atoms with Gasteiger partial charge in [0.15, 0.2) is 0 Å². The van der Waals surface area contributed by atoms with Gasteiger partial charge in [-0.3, -0.25) is 9.59 Å². The fourth-order valence-corrected chi connectivity index (χ4v) is 4.77. The molecule has 0 aliphatic heterocycles. The molecule has 7 nitrogen and oxygen atoms in total. The number of carbonyl (C=O) groups excluding carboxylic acids is 2. The number of esters is 1. The molecule has 2 aromatic carbocycles. The lowest BCUT2D eigenvalue weighted by atomic mass is 9.96. The molecule has 0 spiro atoms. The molecule has 1 fully saturated rings. The van der Waals surface area contributed by atoms with Crippen molar-refractivity contribution in [2.24, 2.45) is 5.92 Å². The molecule has 2 aromatic rings. The summed E-state index contributed by atoms with van der Waals surface area (Å²) in [6.45, 7) is 6.43. The Bertz CT molecular complexity index is 1070. The second-order valence-electron chi connectivity index (χ2n) is 8.82. The molecule has 1 amide bonds. The van der Waals surface area contributed by atoms with Crippen molar-refractivity contribution in [2.75, 3.05) is 18.5 Å². The third-order valence-corrected chi connectivity index (χ3v) is 7.13. The third kappa shape index (κ3) is 6.42. The Kier molecular flexibility index (Phi) is 7.92.